The minimum Gasteiger partial charge on any atom is -0.329 e. The van der Waals surface area contributed by atoms with E-state index in [-0.39, 0.29) is 4.90 Å². The van der Waals surface area contributed by atoms with E-state index < -0.39 is 15.8 Å². The largest absolute Gasteiger partial charge is 0.329 e. The summed E-state index contributed by atoms with van der Waals surface area (Å²) in [6, 6.07) is 5.61. The van der Waals surface area contributed by atoms with Crippen LogP contribution in [0, 0.1) is 17.7 Å². The molecule has 2 fully saturated rings. The van der Waals surface area contributed by atoms with Gasteiger partial charge in [0.2, 0.25) is 10.0 Å². The zero-order valence-electron chi connectivity index (χ0n) is 13.9. The van der Waals surface area contributed by atoms with Crippen molar-refractivity contribution in [2.24, 2.45) is 18.9 Å². The number of fused-ring (bicyclic) bond motifs is 1. The van der Waals surface area contributed by atoms with Crippen molar-refractivity contribution in [1.82, 2.24) is 13.9 Å². The number of aryl methyl sites for hydroxylation is 1. The molecule has 1 saturated heterocycles. The number of benzene rings is 1. The molecule has 0 radical (unpaired) electrons. The van der Waals surface area contributed by atoms with Crippen LogP contribution in [0.4, 0.5) is 4.39 Å². The second kappa shape index (κ2) is 6.41. The number of aromatic nitrogens is 2. The quantitative estimate of drug-likeness (QED) is 0.817. The van der Waals surface area contributed by atoms with Crippen molar-refractivity contribution in [3.05, 3.63) is 42.5 Å². The van der Waals surface area contributed by atoms with Gasteiger partial charge in [0.25, 0.3) is 0 Å². The fourth-order valence-electron chi connectivity index (χ4n) is 3.90. The van der Waals surface area contributed by atoms with Crippen LogP contribution in [-0.2, 0) is 17.1 Å². The Balaban J connectivity index is 1.44. The predicted molar refractivity (Wildman–Crippen MR) is 94.2 cm³/mol. The van der Waals surface area contributed by atoms with Crippen molar-refractivity contribution in [2.45, 2.75) is 28.1 Å². The van der Waals surface area contributed by atoms with Crippen LogP contribution < -0.4 is 0 Å². The molecule has 1 aromatic carbocycles. The summed E-state index contributed by atoms with van der Waals surface area (Å²) < 4.78 is 42.9. The molecule has 0 N–H and O–H groups in total. The van der Waals surface area contributed by atoms with Gasteiger partial charge in [-0.15, -0.1) is 0 Å². The molecular weight excluding hydrogens is 361 g/mol. The summed E-state index contributed by atoms with van der Waals surface area (Å²) in [5.41, 5.74) is 0. The molecule has 0 spiro atoms. The van der Waals surface area contributed by atoms with Gasteiger partial charge < -0.3 is 4.57 Å². The molecule has 8 heteroatoms. The molecule has 1 saturated carbocycles. The second-order valence-electron chi connectivity index (χ2n) is 6.80. The molecule has 1 aliphatic carbocycles. The molecule has 0 amide bonds. The zero-order valence-corrected chi connectivity index (χ0v) is 15.5. The number of thioether (sulfide) groups is 1. The molecule has 2 heterocycles. The highest BCUT2D eigenvalue weighted by molar-refractivity contribution is 7.99. The highest BCUT2D eigenvalue weighted by atomic mass is 32.2. The monoisotopic (exact) mass is 381 g/mol. The van der Waals surface area contributed by atoms with Crippen LogP contribution in [0.25, 0.3) is 0 Å². The molecule has 2 aromatic rings. The minimum atomic E-state index is -3.75. The molecule has 0 bridgehead atoms. The van der Waals surface area contributed by atoms with Crippen LogP contribution >= 0.6 is 11.8 Å². The highest BCUT2D eigenvalue weighted by Gasteiger charge is 2.45. The lowest BCUT2D eigenvalue weighted by Gasteiger charge is -2.19. The van der Waals surface area contributed by atoms with Crippen molar-refractivity contribution in [3.63, 3.8) is 0 Å². The number of hydrogen-bond donors (Lipinski definition) is 0. The van der Waals surface area contributed by atoms with Crippen LogP contribution in [0.15, 0.2) is 46.7 Å². The Morgan fingerprint density at radius 3 is 2.48 bits per heavy atom. The summed E-state index contributed by atoms with van der Waals surface area (Å²) >= 11 is 1.77. The van der Waals surface area contributed by atoms with E-state index in [4.69, 9.17) is 0 Å². The van der Waals surface area contributed by atoms with Gasteiger partial charge in [-0.3, -0.25) is 0 Å². The summed E-state index contributed by atoms with van der Waals surface area (Å²) in [5, 5.41) is 1.47. The Morgan fingerprint density at radius 2 is 1.88 bits per heavy atom. The maximum atomic E-state index is 13.9. The molecule has 134 valence electrons. The van der Waals surface area contributed by atoms with Gasteiger partial charge in [-0.05, 0) is 36.8 Å². The number of rotatable bonds is 4. The van der Waals surface area contributed by atoms with Gasteiger partial charge in [0, 0.05) is 37.8 Å². The van der Waals surface area contributed by atoms with E-state index in [0.717, 1.165) is 18.0 Å². The standard InChI is InChI=1S/C17H20FN3O2S2/c1-20-7-6-19-17(20)24-14-8-12-10-21(11-13(12)9-14)25(22,23)16-5-3-2-4-15(16)18/h2-7,12-14H,8-11H2,1H3/t12-,13+,14?. The second-order valence-corrected chi connectivity index (χ2v) is 9.98. The SMILES string of the molecule is Cn1ccnc1SC1C[C@@H]2CN(S(=O)(=O)c3ccccc3F)C[C@@H]2C1. The molecular formula is C17H20FN3O2S2. The lowest BCUT2D eigenvalue weighted by atomic mass is 10.0. The number of sulfonamides is 1. The number of hydrogen-bond acceptors (Lipinski definition) is 4. The first-order valence-electron chi connectivity index (χ1n) is 8.34. The maximum absolute atomic E-state index is 13.9. The average Bonchev–Trinajstić information content (AvgIpc) is 3.23. The summed E-state index contributed by atoms with van der Waals surface area (Å²) in [6.07, 6.45) is 5.68. The first-order chi connectivity index (χ1) is 11.9. The molecule has 1 aromatic heterocycles. The molecule has 4 rings (SSSR count). The molecule has 2 aliphatic rings. The predicted octanol–water partition coefficient (Wildman–Crippen LogP) is 2.75. The lowest BCUT2D eigenvalue weighted by molar-refractivity contribution is 0.441. The van der Waals surface area contributed by atoms with Gasteiger partial charge in [0.1, 0.15) is 10.7 Å². The Bertz CT molecular complexity index is 870. The number of nitrogens with zero attached hydrogens (tertiary/aromatic N) is 3. The zero-order chi connectivity index (χ0) is 17.6. The molecule has 1 unspecified atom stereocenters. The lowest BCUT2D eigenvalue weighted by Crippen LogP contribution is -2.30. The van der Waals surface area contributed by atoms with E-state index >= 15 is 0 Å². The van der Waals surface area contributed by atoms with Gasteiger partial charge in [-0.2, -0.15) is 4.31 Å². The topological polar surface area (TPSA) is 55.2 Å². The Hall–Kier alpha value is -1.38. The van der Waals surface area contributed by atoms with Crippen LogP contribution in [0.5, 0.6) is 0 Å². The third kappa shape index (κ3) is 3.11. The van der Waals surface area contributed by atoms with Crippen molar-refractivity contribution < 1.29 is 12.8 Å². The number of imidazole rings is 1. The fourth-order valence-corrected chi connectivity index (χ4v) is 6.85. The fraction of sp³-hybridized carbons (Fsp3) is 0.471. The van der Waals surface area contributed by atoms with Gasteiger partial charge in [-0.1, -0.05) is 23.9 Å². The van der Waals surface area contributed by atoms with Gasteiger partial charge in [0.15, 0.2) is 5.16 Å². The molecule has 5 nitrogen and oxygen atoms in total. The van der Waals surface area contributed by atoms with E-state index in [1.54, 1.807) is 24.0 Å². The summed E-state index contributed by atoms with van der Waals surface area (Å²) in [5.74, 6) is 0.0152. The van der Waals surface area contributed by atoms with Crippen LogP contribution in [0.1, 0.15) is 12.8 Å². The number of halogens is 1. The van der Waals surface area contributed by atoms with Gasteiger partial charge in [-0.25, -0.2) is 17.8 Å². The van der Waals surface area contributed by atoms with Gasteiger partial charge in [0.05, 0.1) is 0 Å². The molecule has 25 heavy (non-hydrogen) atoms. The van der Waals surface area contributed by atoms with E-state index in [0.29, 0.717) is 30.2 Å². The van der Waals surface area contributed by atoms with E-state index in [2.05, 4.69) is 4.98 Å². The van der Waals surface area contributed by atoms with Crippen LogP contribution in [0.3, 0.4) is 0 Å². The van der Waals surface area contributed by atoms with Crippen molar-refractivity contribution in [2.75, 3.05) is 13.1 Å². The summed E-state index contributed by atoms with van der Waals surface area (Å²) in [6.45, 7) is 0.970. The Morgan fingerprint density at radius 1 is 1.20 bits per heavy atom. The van der Waals surface area contributed by atoms with E-state index in [1.165, 1.54) is 22.5 Å². The van der Waals surface area contributed by atoms with Crippen molar-refractivity contribution >= 4 is 21.8 Å². The minimum absolute atomic E-state index is 0.214. The average molecular weight is 381 g/mol. The summed E-state index contributed by atoms with van der Waals surface area (Å²) in [4.78, 5) is 4.14. The van der Waals surface area contributed by atoms with E-state index in [9.17, 15) is 12.8 Å². The normalized spacial score (nSPS) is 26.9. The van der Waals surface area contributed by atoms with E-state index in [1.807, 2.05) is 17.8 Å². The third-order valence-corrected chi connectivity index (χ3v) is 8.37. The Kier molecular flexibility index (Phi) is 4.37. The summed E-state index contributed by atoms with van der Waals surface area (Å²) in [7, 11) is -1.77. The van der Waals surface area contributed by atoms with Gasteiger partial charge >= 0.3 is 0 Å². The smallest absolute Gasteiger partial charge is 0.246 e. The molecule has 3 atom stereocenters. The van der Waals surface area contributed by atoms with Crippen LogP contribution in [-0.4, -0.2) is 40.6 Å². The first-order valence-corrected chi connectivity index (χ1v) is 10.7. The maximum Gasteiger partial charge on any atom is 0.246 e. The van der Waals surface area contributed by atoms with Crippen molar-refractivity contribution in [1.29, 1.82) is 0 Å². The highest BCUT2D eigenvalue weighted by Crippen LogP contribution is 2.45. The first kappa shape index (κ1) is 17.1. The van der Waals surface area contributed by atoms with Crippen molar-refractivity contribution in [3.8, 4) is 0 Å². The molecule has 1 aliphatic heterocycles. The third-order valence-electron chi connectivity index (χ3n) is 5.18. The Labute approximate surface area is 151 Å². The van der Waals surface area contributed by atoms with Crippen LogP contribution in [0.2, 0.25) is 0 Å².